The molecule has 1 unspecified atom stereocenters. The number of carbonyl (C=O) groups is 2. The van der Waals surface area contributed by atoms with E-state index < -0.39 is 17.7 Å². The van der Waals surface area contributed by atoms with Crippen LogP contribution in [0, 0.1) is 6.92 Å². The molecular formula is C25H19N3O4S. The number of hydrogen-bond donors (Lipinski definition) is 1. The molecule has 4 aromatic rings. The molecule has 0 bridgehead atoms. The number of aliphatic hydroxyl groups excluding tert-OH is 1. The minimum Gasteiger partial charge on any atom is -0.507 e. The predicted octanol–water partition coefficient (Wildman–Crippen LogP) is 4.63. The summed E-state index contributed by atoms with van der Waals surface area (Å²) in [4.78, 5) is 36.6. The Hall–Kier alpha value is -4.04. The molecule has 7 nitrogen and oxygen atoms in total. The molecule has 1 N–H and O–H groups in total. The molecule has 5 rings (SSSR count). The number of benzene rings is 2. The average Bonchev–Trinajstić information content (AvgIpc) is 3.37. The quantitative estimate of drug-likeness (QED) is 0.273. The Balaban J connectivity index is 1.72. The number of pyridine rings is 1. The third-order valence-electron chi connectivity index (χ3n) is 5.53. The van der Waals surface area contributed by atoms with Crippen LogP contribution in [-0.4, -0.2) is 33.9 Å². The molecule has 1 atom stereocenters. The number of carbonyl (C=O) groups excluding carboxylic acids is 2. The molecule has 1 aliphatic rings. The summed E-state index contributed by atoms with van der Waals surface area (Å²) >= 11 is 1.33. The molecule has 3 heterocycles. The average molecular weight is 458 g/mol. The Kier molecular flexibility index (Phi) is 5.14. The Labute approximate surface area is 193 Å². The van der Waals surface area contributed by atoms with Gasteiger partial charge in [0.15, 0.2) is 5.13 Å². The van der Waals surface area contributed by atoms with E-state index in [-0.39, 0.29) is 11.3 Å². The minimum atomic E-state index is -0.869. The third kappa shape index (κ3) is 3.54. The second-order valence-electron chi connectivity index (χ2n) is 7.66. The number of hydrogen-bond acceptors (Lipinski definition) is 7. The number of fused-ring (bicyclic) bond motifs is 1. The number of aliphatic hydroxyl groups is 1. The van der Waals surface area contributed by atoms with Crippen LogP contribution in [-0.2, 0) is 9.59 Å². The van der Waals surface area contributed by atoms with Crippen LogP contribution in [0.4, 0.5) is 5.13 Å². The topological polar surface area (TPSA) is 92.6 Å². The summed E-state index contributed by atoms with van der Waals surface area (Å²) in [6.45, 7) is 1.98. The zero-order valence-electron chi connectivity index (χ0n) is 17.9. The SMILES string of the molecule is COc1cccc(C(O)=C2C(=O)C(=O)N(c3nc4ccc(C)cc4s3)C2c2cccnc2)c1. The number of ketones is 1. The van der Waals surface area contributed by atoms with E-state index in [1.807, 2.05) is 25.1 Å². The molecule has 1 saturated heterocycles. The molecule has 164 valence electrons. The van der Waals surface area contributed by atoms with Gasteiger partial charge in [0.25, 0.3) is 5.78 Å². The number of aryl methyl sites for hydroxylation is 1. The summed E-state index contributed by atoms with van der Waals surface area (Å²) in [6, 6.07) is 15.2. The highest BCUT2D eigenvalue weighted by atomic mass is 32.1. The van der Waals surface area contributed by atoms with E-state index in [0.717, 1.165) is 15.8 Å². The number of methoxy groups -OCH3 is 1. The summed E-state index contributed by atoms with van der Waals surface area (Å²) in [5.74, 6) is -1.28. The Morgan fingerprint density at radius 1 is 1.12 bits per heavy atom. The fraction of sp³-hybridized carbons (Fsp3) is 0.120. The van der Waals surface area contributed by atoms with Crippen molar-refractivity contribution in [2.24, 2.45) is 0 Å². The molecule has 0 saturated carbocycles. The zero-order valence-corrected chi connectivity index (χ0v) is 18.7. The van der Waals surface area contributed by atoms with Gasteiger partial charge < -0.3 is 9.84 Å². The fourth-order valence-corrected chi connectivity index (χ4v) is 5.02. The van der Waals surface area contributed by atoms with Gasteiger partial charge in [-0.2, -0.15) is 0 Å². The van der Waals surface area contributed by atoms with Crippen molar-refractivity contribution in [1.82, 2.24) is 9.97 Å². The molecule has 0 aliphatic carbocycles. The van der Waals surface area contributed by atoms with Gasteiger partial charge in [0, 0.05) is 18.0 Å². The van der Waals surface area contributed by atoms with Crippen LogP contribution < -0.4 is 9.64 Å². The van der Waals surface area contributed by atoms with Crippen molar-refractivity contribution in [3.63, 3.8) is 0 Å². The number of amides is 1. The van der Waals surface area contributed by atoms with Gasteiger partial charge in [0.05, 0.1) is 28.9 Å². The van der Waals surface area contributed by atoms with Gasteiger partial charge in [-0.25, -0.2) is 4.98 Å². The van der Waals surface area contributed by atoms with Crippen molar-refractivity contribution in [1.29, 1.82) is 0 Å². The minimum absolute atomic E-state index is 0.0170. The Morgan fingerprint density at radius 3 is 2.73 bits per heavy atom. The zero-order chi connectivity index (χ0) is 23.1. The van der Waals surface area contributed by atoms with E-state index in [4.69, 9.17) is 4.74 Å². The summed E-state index contributed by atoms with van der Waals surface area (Å²) in [7, 11) is 1.52. The molecule has 1 amide bonds. The number of nitrogens with zero attached hydrogens (tertiary/aromatic N) is 3. The smallest absolute Gasteiger partial charge is 0.301 e. The van der Waals surface area contributed by atoms with Gasteiger partial charge in [-0.1, -0.05) is 35.6 Å². The lowest BCUT2D eigenvalue weighted by Gasteiger charge is -2.22. The van der Waals surface area contributed by atoms with Crippen LogP contribution in [0.25, 0.3) is 16.0 Å². The van der Waals surface area contributed by atoms with Crippen LogP contribution in [0.2, 0.25) is 0 Å². The Morgan fingerprint density at radius 2 is 1.97 bits per heavy atom. The van der Waals surface area contributed by atoms with Crippen LogP contribution in [0.1, 0.15) is 22.7 Å². The highest BCUT2D eigenvalue weighted by Crippen LogP contribution is 2.44. The summed E-state index contributed by atoms with van der Waals surface area (Å²) in [6.07, 6.45) is 3.19. The van der Waals surface area contributed by atoms with E-state index in [0.29, 0.717) is 22.0 Å². The number of aromatic nitrogens is 2. The Bertz CT molecular complexity index is 1430. The second kappa shape index (κ2) is 8.14. The fourth-order valence-electron chi connectivity index (χ4n) is 3.93. The van der Waals surface area contributed by atoms with Gasteiger partial charge in [-0.15, -0.1) is 0 Å². The number of ether oxygens (including phenoxy) is 1. The van der Waals surface area contributed by atoms with Crippen molar-refractivity contribution < 1.29 is 19.4 Å². The highest BCUT2D eigenvalue weighted by molar-refractivity contribution is 7.22. The predicted molar refractivity (Wildman–Crippen MR) is 126 cm³/mol. The summed E-state index contributed by atoms with van der Waals surface area (Å²) in [5.41, 5.74) is 2.76. The van der Waals surface area contributed by atoms with E-state index >= 15 is 0 Å². The van der Waals surface area contributed by atoms with Crippen molar-refractivity contribution in [3.8, 4) is 5.75 Å². The lowest BCUT2D eigenvalue weighted by Crippen LogP contribution is -2.29. The van der Waals surface area contributed by atoms with Crippen molar-refractivity contribution in [3.05, 3.63) is 89.3 Å². The molecule has 0 radical (unpaired) electrons. The standard InChI is InChI=1S/C25H19N3O4S/c1-14-8-9-18-19(11-14)33-25(27-18)28-21(16-6-4-10-26-13-16)20(23(30)24(28)31)22(29)15-5-3-7-17(12-15)32-2/h3-13,21,29H,1-2H3. The van der Waals surface area contributed by atoms with Gasteiger partial charge in [0.1, 0.15) is 11.5 Å². The first-order chi connectivity index (χ1) is 16.0. The van der Waals surface area contributed by atoms with Crippen molar-refractivity contribution >= 4 is 44.1 Å². The van der Waals surface area contributed by atoms with Crippen molar-refractivity contribution in [2.75, 3.05) is 12.0 Å². The summed E-state index contributed by atoms with van der Waals surface area (Å²) < 4.78 is 6.15. The highest BCUT2D eigenvalue weighted by Gasteiger charge is 2.48. The van der Waals surface area contributed by atoms with Crippen LogP contribution in [0.3, 0.4) is 0 Å². The van der Waals surface area contributed by atoms with E-state index in [1.165, 1.54) is 23.3 Å². The van der Waals surface area contributed by atoms with Crippen LogP contribution in [0.15, 0.2) is 72.6 Å². The molecule has 33 heavy (non-hydrogen) atoms. The number of rotatable bonds is 4. The van der Waals surface area contributed by atoms with Gasteiger partial charge in [-0.3, -0.25) is 19.5 Å². The first kappa shape index (κ1) is 20.8. The van der Waals surface area contributed by atoms with Crippen molar-refractivity contribution in [2.45, 2.75) is 13.0 Å². The maximum absolute atomic E-state index is 13.3. The van der Waals surface area contributed by atoms with Crippen LogP contribution in [0.5, 0.6) is 5.75 Å². The molecule has 2 aromatic heterocycles. The largest absolute Gasteiger partial charge is 0.507 e. The number of Topliss-reactive ketones (excluding diaryl/α,β-unsaturated/α-hetero) is 1. The molecule has 1 aliphatic heterocycles. The molecular weight excluding hydrogens is 438 g/mol. The monoisotopic (exact) mass is 457 g/mol. The van der Waals surface area contributed by atoms with E-state index in [9.17, 15) is 14.7 Å². The second-order valence-corrected chi connectivity index (χ2v) is 8.66. The molecule has 8 heteroatoms. The lowest BCUT2D eigenvalue weighted by atomic mass is 9.96. The van der Waals surface area contributed by atoms with Gasteiger partial charge in [0.2, 0.25) is 0 Å². The molecule has 0 spiro atoms. The van der Waals surface area contributed by atoms with Gasteiger partial charge in [-0.05, 0) is 48.4 Å². The van der Waals surface area contributed by atoms with Gasteiger partial charge >= 0.3 is 5.91 Å². The maximum atomic E-state index is 13.3. The number of anilines is 1. The van der Waals surface area contributed by atoms with E-state index in [1.54, 1.807) is 48.8 Å². The van der Waals surface area contributed by atoms with Crippen LogP contribution >= 0.6 is 11.3 Å². The lowest BCUT2D eigenvalue weighted by molar-refractivity contribution is -0.132. The normalized spacial score (nSPS) is 17.6. The van der Waals surface area contributed by atoms with E-state index in [2.05, 4.69) is 9.97 Å². The maximum Gasteiger partial charge on any atom is 0.301 e. The first-order valence-corrected chi connectivity index (χ1v) is 11.0. The molecule has 2 aromatic carbocycles. The summed E-state index contributed by atoms with van der Waals surface area (Å²) in [5, 5.41) is 11.6. The first-order valence-electron chi connectivity index (χ1n) is 10.2. The molecule has 1 fully saturated rings. The third-order valence-corrected chi connectivity index (χ3v) is 6.54. The number of thiazole rings is 1.